The van der Waals surface area contributed by atoms with E-state index in [4.69, 9.17) is 4.74 Å². The Morgan fingerprint density at radius 1 is 1.11 bits per heavy atom. The van der Waals surface area contributed by atoms with Crippen LogP contribution in [0.15, 0.2) is 47.4 Å². The molecule has 0 aromatic heterocycles. The van der Waals surface area contributed by atoms with Gasteiger partial charge in [-0.15, -0.1) is 0 Å². The second kappa shape index (κ2) is 8.12. The average molecular weight is 396 g/mol. The molecule has 1 saturated heterocycles. The molecule has 1 N–H and O–H groups in total. The summed E-state index contributed by atoms with van der Waals surface area (Å²) in [6.45, 7) is 0.756. The largest absolute Gasteiger partial charge is 0.379 e. The molecule has 0 radical (unpaired) electrons. The summed E-state index contributed by atoms with van der Waals surface area (Å²) in [6.07, 6.45) is -0.0965. The molecule has 1 aliphatic rings. The maximum Gasteiger partial charge on any atom is 0.246 e. The number of amides is 1. The summed E-state index contributed by atoms with van der Waals surface area (Å²) < 4.78 is 58.9. The van der Waals surface area contributed by atoms with Gasteiger partial charge in [-0.3, -0.25) is 4.79 Å². The van der Waals surface area contributed by atoms with Crippen LogP contribution >= 0.6 is 0 Å². The lowest BCUT2D eigenvalue weighted by Crippen LogP contribution is -2.40. The predicted octanol–water partition coefficient (Wildman–Crippen LogP) is 2.17. The lowest BCUT2D eigenvalue weighted by atomic mass is 10.1. The minimum atomic E-state index is -4.04. The van der Waals surface area contributed by atoms with Gasteiger partial charge in [-0.1, -0.05) is 12.1 Å². The fourth-order valence-corrected chi connectivity index (χ4v) is 4.24. The summed E-state index contributed by atoms with van der Waals surface area (Å²) >= 11 is 0. The van der Waals surface area contributed by atoms with E-state index in [1.54, 1.807) is 6.07 Å². The lowest BCUT2D eigenvalue weighted by molar-refractivity contribution is -0.115. The van der Waals surface area contributed by atoms with E-state index in [-0.39, 0.29) is 38.4 Å². The number of rotatable bonds is 5. The van der Waals surface area contributed by atoms with Crippen molar-refractivity contribution in [2.75, 3.05) is 31.6 Å². The van der Waals surface area contributed by atoms with Gasteiger partial charge in [0, 0.05) is 18.8 Å². The van der Waals surface area contributed by atoms with E-state index in [9.17, 15) is 22.0 Å². The molecular formula is C18H18F2N2O4S. The average Bonchev–Trinajstić information content (AvgIpc) is 2.64. The topological polar surface area (TPSA) is 75.7 Å². The first-order valence-corrected chi connectivity index (χ1v) is 9.72. The number of carbonyl (C=O) groups excluding carboxylic acids is 1. The van der Waals surface area contributed by atoms with Crippen LogP contribution in [0.25, 0.3) is 0 Å². The monoisotopic (exact) mass is 396 g/mol. The van der Waals surface area contributed by atoms with Crippen LogP contribution in [0.2, 0.25) is 0 Å². The van der Waals surface area contributed by atoms with Gasteiger partial charge < -0.3 is 10.1 Å². The van der Waals surface area contributed by atoms with Crippen LogP contribution in [-0.2, 0) is 26.0 Å². The molecule has 0 atom stereocenters. The summed E-state index contributed by atoms with van der Waals surface area (Å²) in [5.74, 6) is -1.83. The Morgan fingerprint density at radius 2 is 1.85 bits per heavy atom. The van der Waals surface area contributed by atoms with Crippen LogP contribution in [0, 0.1) is 11.6 Å². The highest BCUT2D eigenvalue weighted by atomic mass is 32.2. The molecule has 2 aromatic rings. The van der Waals surface area contributed by atoms with Crippen LogP contribution in [0.1, 0.15) is 5.56 Å². The van der Waals surface area contributed by atoms with Crippen molar-refractivity contribution in [1.29, 1.82) is 0 Å². The third-order valence-corrected chi connectivity index (χ3v) is 5.97. The van der Waals surface area contributed by atoms with Crippen LogP contribution in [0.5, 0.6) is 0 Å². The number of hydrogen-bond donors (Lipinski definition) is 1. The van der Waals surface area contributed by atoms with Crippen molar-refractivity contribution >= 4 is 21.6 Å². The third kappa shape index (κ3) is 4.68. The zero-order chi connectivity index (χ0) is 19.4. The van der Waals surface area contributed by atoms with Gasteiger partial charge in [0.1, 0.15) is 16.5 Å². The van der Waals surface area contributed by atoms with Gasteiger partial charge in [-0.25, -0.2) is 17.2 Å². The molecule has 6 nitrogen and oxygen atoms in total. The smallest absolute Gasteiger partial charge is 0.246 e. The van der Waals surface area contributed by atoms with E-state index in [2.05, 4.69) is 5.32 Å². The first-order chi connectivity index (χ1) is 12.9. The molecule has 144 valence electrons. The fraction of sp³-hybridized carbons (Fsp3) is 0.278. The Kier molecular flexibility index (Phi) is 5.83. The Morgan fingerprint density at radius 3 is 2.56 bits per heavy atom. The van der Waals surface area contributed by atoms with Crippen LogP contribution < -0.4 is 5.32 Å². The number of nitrogens with zero attached hydrogens (tertiary/aromatic N) is 1. The number of sulfonamides is 1. The number of ether oxygens (including phenoxy) is 1. The number of hydrogen-bond acceptors (Lipinski definition) is 4. The van der Waals surface area contributed by atoms with E-state index in [1.165, 1.54) is 24.3 Å². The van der Waals surface area contributed by atoms with Crippen molar-refractivity contribution in [2.45, 2.75) is 11.3 Å². The van der Waals surface area contributed by atoms with E-state index < -0.39 is 32.5 Å². The van der Waals surface area contributed by atoms with Crippen molar-refractivity contribution in [3.8, 4) is 0 Å². The van der Waals surface area contributed by atoms with E-state index in [0.29, 0.717) is 5.56 Å². The lowest BCUT2D eigenvalue weighted by Gasteiger charge is -2.26. The fourth-order valence-electron chi connectivity index (χ4n) is 2.74. The first kappa shape index (κ1) is 19.4. The molecule has 0 bridgehead atoms. The first-order valence-electron chi connectivity index (χ1n) is 8.28. The van der Waals surface area contributed by atoms with Gasteiger partial charge in [0.2, 0.25) is 15.9 Å². The number of nitrogens with one attached hydrogen (secondary N) is 1. The van der Waals surface area contributed by atoms with Crippen molar-refractivity contribution in [2.24, 2.45) is 0 Å². The Hall–Kier alpha value is -2.36. The summed E-state index contributed by atoms with van der Waals surface area (Å²) in [4.78, 5) is 11.6. The number of benzene rings is 2. The van der Waals surface area contributed by atoms with E-state index in [0.717, 1.165) is 16.4 Å². The van der Waals surface area contributed by atoms with Gasteiger partial charge in [-0.05, 0) is 35.9 Å². The van der Waals surface area contributed by atoms with Crippen molar-refractivity contribution < 1.29 is 26.7 Å². The molecule has 27 heavy (non-hydrogen) atoms. The summed E-state index contributed by atoms with van der Waals surface area (Å²) in [7, 11) is -4.04. The summed E-state index contributed by atoms with van der Waals surface area (Å²) in [5, 5.41) is 2.52. The predicted molar refractivity (Wildman–Crippen MR) is 94.7 cm³/mol. The maximum absolute atomic E-state index is 14.2. The van der Waals surface area contributed by atoms with Crippen LogP contribution in [0.3, 0.4) is 0 Å². The van der Waals surface area contributed by atoms with Crippen molar-refractivity contribution in [3.05, 3.63) is 59.7 Å². The Bertz CT molecular complexity index is 944. The third-order valence-electron chi connectivity index (χ3n) is 4.06. The molecule has 1 amide bonds. The highest BCUT2D eigenvalue weighted by Gasteiger charge is 2.29. The van der Waals surface area contributed by atoms with Crippen molar-refractivity contribution in [1.82, 2.24) is 4.31 Å². The molecule has 0 aliphatic carbocycles. The minimum absolute atomic E-state index is 0.0965. The number of halogens is 2. The number of carbonyl (C=O) groups is 1. The number of anilines is 1. The van der Waals surface area contributed by atoms with Gasteiger partial charge >= 0.3 is 0 Å². The summed E-state index contributed by atoms with van der Waals surface area (Å²) in [5.41, 5.74) is 0.611. The normalized spacial score (nSPS) is 15.5. The molecule has 0 spiro atoms. The molecular weight excluding hydrogens is 378 g/mol. The van der Waals surface area contributed by atoms with Gasteiger partial charge in [0.25, 0.3) is 0 Å². The van der Waals surface area contributed by atoms with E-state index >= 15 is 0 Å². The number of morpholine rings is 1. The zero-order valence-corrected chi connectivity index (χ0v) is 15.1. The van der Waals surface area contributed by atoms with Gasteiger partial charge in [-0.2, -0.15) is 4.31 Å². The maximum atomic E-state index is 14.2. The second-order valence-corrected chi connectivity index (χ2v) is 7.92. The Balaban J connectivity index is 1.77. The molecule has 9 heteroatoms. The molecule has 1 aliphatic heterocycles. The van der Waals surface area contributed by atoms with Gasteiger partial charge in [0.15, 0.2) is 0 Å². The van der Waals surface area contributed by atoms with Crippen LogP contribution in [0.4, 0.5) is 14.5 Å². The Labute approximate surface area is 155 Å². The molecule has 0 unspecified atom stereocenters. The van der Waals surface area contributed by atoms with E-state index in [1.807, 2.05) is 0 Å². The molecule has 1 fully saturated rings. The standard InChI is InChI=1S/C18H18F2N2O4S/c19-14-3-1-2-13(10-14)11-18(23)21-15-4-5-16(20)17(12-15)27(24,25)22-6-8-26-9-7-22/h1-5,10,12H,6-9,11H2,(H,21,23). The molecule has 1 heterocycles. The zero-order valence-electron chi connectivity index (χ0n) is 14.3. The highest BCUT2D eigenvalue weighted by molar-refractivity contribution is 7.89. The van der Waals surface area contributed by atoms with Gasteiger partial charge in [0.05, 0.1) is 19.6 Å². The quantitative estimate of drug-likeness (QED) is 0.841. The SMILES string of the molecule is O=C(Cc1cccc(F)c1)Nc1ccc(F)c(S(=O)(=O)N2CCOCC2)c1. The second-order valence-electron chi connectivity index (χ2n) is 6.02. The highest BCUT2D eigenvalue weighted by Crippen LogP contribution is 2.24. The van der Waals surface area contributed by atoms with Crippen LogP contribution in [-0.4, -0.2) is 44.9 Å². The molecule has 0 saturated carbocycles. The molecule has 2 aromatic carbocycles. The minimum Gasteiger partial charge on any atom is -0.379 e. The summed E-state index contributed by atoms with van der Waals surface area (Å²) in [6, 6.07) is 8.94. The van der Waals surface area contributed by atoms with Crippen molar-refractivity contribution in [3.63, 3.8) is 0 Å². The molecule has 3 rings (SSSR count).